The van der Waals surface area contributed by atoms with E-state index in [0.717, 1.165) is 29.6 Å². The summed E-state index contributed by atoms with van der Waals surface area (Å²) in [6.07, 6.45) is 21.8. The molecule has 0 heterocycles. The third kappa shape index (κ3) is 6.66. The molecule has 0 unspecified atom stereocenters. The zero-order valence-electron chi connectivity index (χ0n) is 16.1. The van der Waals surface area contributed by atoms with E-state index in [1.807, 2.05) is 0 Å². The van der Waals surface area contributed by atoms with Gasteiger partial charge in [-0.1, -0.05) is 90.4 Å². The Morgan fingerprint density at radius 2 is 0.833 bits per heavy atom. The van der Waals surface area contributed by atoms with E-state index >= 15 is 0 Å². The van der Waals surface area contributed by atoms with Gasteiger partial charge in [-0.2, -0.15) is 0 Å². The molecule has 0 spiro atoms. The number of hydrogen-bond acceptors (Lipinski definition) is 0. The number of nitrogens with one attached hydrogen (secondary N) is 1. The molecule has 1 N–H and O–H groups in total. The van der Waals surface area contributed by atoms with Crippen LogP contribution in [0.2, 0.25) is 0 Å². The molecule has 0 bridgehead atoms. The first-order valence-electron chi connectivity index (χ1n) is 10.9. The Balaban J connectivity index is 0.00000208. The van der Waals surface area contributed by atoms with Crippen LogP contribution in [-0.2, 0) is 32.7 Å². The first-order valence-corrected chi connectivity index (χ1v) is 10.9. The molecule has 0 aromatic carbocycles. The van der Waals surface area contributed by atoms with E-state index in [0.29, 0.717) is 0 Å². The van der Waals surface area contributed by atoms with E-state index in [4.69, 9.17) is 5.73 Å². The predicted octanol–water partition coefficient (Wildman–Crippen LogP) is 7.40. The molecule has 24 heavy (non-hydrogen) atoms. The third-order valence-corrected chi connectivity index (χ3v) is 7.69. The summed E-state index contributed by atoms with van der Waals surface area (Å²) in [4.78, 5) is 0. The number of hydrogen-bond donors (Lipinski definition) is 0. The molecule has 0 radical (unpaired) electrons. The molecule has 0 aromatic heterocycles. The zero-order valence-corrected chi connectivity index (χ0v) is 19.0. The van der Waals surface area contributed by atoms with Crippen molar-refractivity contribution in [2.75, 3.05) is 0 Å². The van der Waals surface area contributed by atoms with Crippen molar-refractivity contribution in [2.45, 2.75) is 109 Å². The van der Waals surface area contributed by atoms with Crippen LogP contribution in [-0.4, -0.2) is 6.04 Å². The molecule has 3 saturated carbocycles. The van der Waals surface area contributed by atoms with Gasteiger partial charge in [-0.15, -0.1) is 6.04 Å². The third-order valence-electron chi connectivity index (χ3n) is 7.69. The maximum atomic E-state index is 7.85. The minimum absolute atomic E-state index is 0. The van der Waals surface area contributed by atoms with Crippen molar-refractivity contribution in [3.05, 3.63) is 5.73 Å². The minimum Gasteiger partial charge on any atom is -0.675 e. The second kappa shape index (κ2) is 11.0. The Kier molecular flexibility index (Phi) is 9.82. The van der Waals surface area contributed by atoms with Gasteiger partial charge in [0, 0.05) is 0 Å². The summed E-state index contributed by atoms with van der Waals surface area (Å²) in [7, 11) is 0. The van der Waals surface area contributed by atoms with Crippen LogP contribution in [0.25, 0.3) is 5.73 Å². The van der Waals surface area contributed by atoms with Gasteiger partial charge in [0.25, 0.3) is 0 Å². The van der Waals surface area contributed by atoms with Crippen LogP contribution in [0.5, 0.6) is 0 Å². The van der Waals surface area contributed by atoms with Crippen LogP contribution in [0, 0.1) is 29.6 Å². The molecular weight excluding hydrogens is 367 g/mol. The Morgan fingerprint density at radius 3 is 1.17 bits per heavy atom. The van der Waals surface area contributed by atoms with E-state index in [1.165, 1.54) is 89.9 Å². The van der Waals surface area contributed by atoms with Crippen LogP contribution < -0.4 is 0 Å². The van der Waals surface area contributed by atoms with Gasteiger partial charge in [0.15, 0.2) is 0 Å². The van der Waals surface area contributed by atoms with Crippen molar-refractivity contribution in [1.29, 1.82) is 0 Å². The van der Waals surface area contributed by atoms with Crippen LogP contribution >= 0.6 is 0 Å². The molecule has 3 aliphatic rings. The first-order chi connectivity index (χ1) is 11.2. The van der Waals surface area contributed by atoms with Gasteiger partial charge in [0.05, 0.1) is 0 Å². The average Bonchev–Trinajstić information content (AvgIpc) is 2.59. The predicted molar refractivity (Wildman–Crippen MR) is 100 cm³/mol. The SMILES string of the molecule is CCC1CCC(CC2CCC(CC3CCC([NH-])CC3)CC2)CC1.[Y+3]. The minimum atomic E-state index is 0. The van der Waals surface area contributed by atoms with Gasteiger partial charge < -0.3 is 5.73 Å². The van der Waals surface area contributed by atoms with Crippen LogP contribution in [0.4, 0.5) is 0 Å². The normalized spacial score (nSPS) is 40.8. The van der Waals surface area contributed by atoms with Crippen molar-refractivity contribution in [2.24, 2.45) is 29.6 Å². The molecule has 0 saturated heterocycles. The van der Waals surface area contributed by atoms with Crippen LogP contribution in [0.3, 0.4) is 0 Å². The molecule has 3 rings (SSSR count). The van der Waals surface area contributed by atoms with Gasteiger partial charge in [0.1, 0.15) is 0 Å². The van der Waals surface area contributed by atoms with Crippen molar-refractivity contribution in [1.82, 2.24) is 0 Å². The van der Waals surface area contributed by atoms with Gasteiger partial charge in [-0.25, -0.2) is 0 Å². The second-order valence-electron chi connectivity index (χ2n) is 9.37. The zero-order chi connectivity index (χ0) is 16.1. The largest absolute Gasteiger partial charge is 3.00 e. The molecule has 1 nitrogen and oxygen atoms in total. The van der Waals surface area contributed by atoms with Crippen molar-refractivity contribution >= 4 is 0 Å². The molecule has 0 amide bonds. The first kappa shape index (κ1) is 21.4. The van der Waals surface area contributed by atoms with E-state index in [9.17, 15) is 0 Å². The Labute approximate surface area is 176 Å². The Morgan fingerprint density at radius 1 is 0.542 bits per heavy atom. The summed E-state index contributed by atoms with van der Waals surface area (Å²) in [6.45, 7) is 2.38. The van der Waals surface area contributed by atoms with Crippen molar-refractivity contribution < 1.29 is 32.7 Å². The molecule has 2 heteroatoms. The second-order valence-corrected chi connectivity index (χ2v) is 9.37. The summed E-state index contributed by atoms with van der Waals surface area (Å²) in [5.74, 6) is 5.21. The summed E-state index contributed by atoms with van der Waals surface area (Å²) < 4.78 is 0. The van der Waals surface area contributed by atoms with Crippen molar-refractivity contribution in [3.8, 4) is 0 Å². The molecule has 3 fully saturated rings. The maximum Gasteiger partial charge on any atom is 3.00 e. The molecular formula is C22H40NY+2. The monoisotopic (exact) mass is 407 g/mol. The molecule has 0 atom stereocenters. The van der Waals surface area contributed by atoms with E-state index in [2.05, 4.69) is 6.92 Å². The fraction of sp³-hybridized carbons (Fsp3) is 1.00. The Bertz CT molecular complexity index is 321. The molecule has 0 aliphatic heterocycles. The Hall–Kier alpha value is 1.06. The van der Waals surface area contributed by atoms with Gasteiger partial charge in [0.2, 0.25) is 0 Å². The molecule has 0 aromatic rings. The van der Waals surface area contributed by atoms with E-state index in [-0.39, 0.29) is 38.8 Å². The van der Waals surface area contributed by atoms with Crippen molar-refractivity contribution in [3.63, 3.8) is 0 Å². The fourth-order valence-corrected chi connectivity index (χ4v) is 5.92. The maximum absolute atomic E-state index is 7.85. The van der Waals surface area contributed by atoms with Crippen LogP contribution in [0.15, 0.2) is 0 Å². The van der Waals surface area contributed by atoms with E-state index in [1.54, 1.807) is 6.42 Å². The average molecular weight is 407 g/mol. The summed E-state index contributed by atoms with van der Waals surface area (Å²) in [6, 6.07) is 0.268. The van der Waals surface area contributed by atoms with Gasteiger partial charge in [-0.05, 0) is 42.4 Å². The number of rotatable bonds is 5. The van der Waals surface area contributed by atoms with Gasteiger partial charge in [-0.3, -0.25) is 0 Å². The molecule has 134 valence electrons. The fourth-order valence-electron chi connectivity index (χ4n) is 5.92. The topological polar surface area (TPSA) is 23.8 Å². The summed E-state index contributed by atoms with van der Waals surface area (Å²) in [5.41, 5.74) is 7.85. The van der Waals surface area contributed by atoms with Crippen LogP contribution in [0.1, 0.15) is 103 Å². The standard InChI is InChI=1S/C22H40N.Y/c1-2-17-3-5-18(6-4-17)15-19-7-9-20(10-8-19)16-21-11-13-22(23)14-12-21;/h17-23H,2-16H2,1H3;/q-1;+3. The molecule has 3 aliphatic carbocycles. The van der Waals surface area contributed by atoms with E-state index < -0.39 is 0 Å². The summed E-state index contributed by atoms with van der Waals surface area (Å²) in [5, 5.41) is 0. The quantitative estimate of drug-likeness (QED) is 0.453. The summed E-state index contributed by atoms with van der Waals surface area (Å²) >= 11 is 0. The smallest absolute Gasteiger partial charge is 0.675 e. The van der Waals surface area contributed by atoms with Gasteiger partial charge >= 0.3 is 32.7 Å².